The van der Waals surface area contributed by atoms with E-state index in [0.29, 0.717) is 17.9 Å². The lowest BCUT2D eigenvalue weighted by atomic mass is 9.85. The van der Waals surface area contributed by atoms with Crippen LogP contribution in [0.4, 0.5) is 0 Å². The third kappa shape index (κ3) is 6.00. The van der Waals surface area contributed by atoms with Crippen molar-refractivity contribution in [1.82, 2.24) is 4.90 Å². The van der Waals surface area contributed by atoms with Crippen LogP contribution in [0.1, 0.15) is 34.6 Å². The Kier molecular flexibility index (Phi) is 7.49. The molecular formula is C13H29NOS. The van der Waals surface area contributed by atoms with Gasteiger partial charge in [0, 0.05) is 35.4 Å². The SMILES string of the molecule is CC(C)C(CN(C)[C@H](C)C[S@](C)=O)C(C)C. The molecule has 0 saturated carbocycles. The maximum absolute atomic E-state index is 11.2. The van der Waals surface area contributed by atoms with Gasteiger partial charge in [-0.3, -0.25) is 4.21 Å². The van der Waals surface area contributed by atoms with Crippen molar-refractivity contribution >= 4 is 10.8 Å². The Labute approximate surface area is 104 Å². The molecule has 0 aliphatic carbocycles. The van der Waals surface area contributed by atoms with E-state index in [1.165, 1.54) is 0 Å². The zero-order valence-corrected chi connectivity index (χ0v) is 12.8. The minimum Gasteiger partial charge on any atom is -0.302 e. The van der Waals surface area contributed by atoms with E-state index in [1.807, 2.05) is 0 Å². The molecule has 0 fully saturated rings. The van der Waals surface area contributed by atoms with Crippen molar-refractivity contribution in [2.75, 3.05) is 25.6 Å². The lowest BCUT2D eigenvalue weighted by Gasteiger charge is -2.33. The summed E-state index contributed by atoms with van der Waals surface area (Å²) in [5, 5.41) is 0. The fourth-order valence-corrected chi connectivity index (χ4v) is 3.10. The lowest BCUT2D eigenvalue weighted by Crippen LogP contribution is -2.39. The van der Waals surface area contributed by atoms with E-state index in [4.69, 9.17) is 0 Å². The van der Waals surface area contributed by atoms with Crippen molar-refractivity contribution in [2.45, 2.75) is 40.7 Å². The fraction of sp³-hybridized carbons (Fsp3) is 1.00. The zero-order valence-electron chi connectivity index (χ0n) is 12.0. The molecule has 0 heterocycles. The van der Waals surface area contributed by atoms with E-state index in [2.05, 4.69) is 46.6 Å². The summed E-state index contributed by atoms with van der Waals surface area (Å²) >= 11 is 0. The lowest BCUT2D eigenvalue weighted by molar-refractivity contribution is 0.167. The topological polar surface area (TPSA) is 20.3 Å². The second-order valence-electron chi connectivity index (χ2n) is 5.68. The molecule has 0 bridgehead atoms. The first-order valence-corrected chi connectivity index (χ1v) is 7.98. The van der Waals surface area contributed by atoms with E-state index < -0.39 is 10.8 Å². The van der Waals surface area contributed by atoms with Gasteiger partial charge in [0.05, 0.1) is 0 Å². The number of hydrogen-bond acceptors (Lipinski definition) is 2. The summed E-state index contributed by atoms with van der Waals surface area (Å²) in [5.74, 6) is 2.92. The summed E-state index contributed by atoms with van der Waals surface area (Å²) < 4.78 is 11.2. The van der Waals surface area contributed by atoms with Crippen molar-refractivity contribution in [1.29, 1.82) is 0 Å². The van der Waals surface area contributed by atoms with Crippen LogP contribution in [0.3, 0.4) is 0 Å². The second kappa shape index (κ2) is 7.44. The number of hydrogen-bond donors (Lipinski definition) is 0. The Hall–Kier alpha value is 0.110. The second-order valence-corrected chi connectivity index (χ2v) is 7.16. The van der Waals surface area contributed by atoms with E-state index >= 15 is 0 Å². The van der Waals surface area contributed by atoms with Gasteiger partial charge in [0.1, 0.15) is 0 Å². The van der Waals surface area contributed by atoms with Gasteiger partial charge in [0.15, 0.2) is 0 Å². The summed E-state index contributed by atoms with van der Waals surface area (Å²) in [6, 6.07) is 0.408. The molecule has 0 spiro atoms. The van der Waals surface area contributed by atoms with Crippen molar-refractivity contribution in [3.8, 4) is 0 Å². The molecule has 0 unspecified atom stereocenters. The van der Waals surface area contributed by atoms with Gasteiger partial charge in [0.2, 0.25) is 0 Å². The zero-order chi connectivity index (χ0) is 12.9. The van der Waals surface area contributed by atoms with Gasteiger partial charge in [-0.2, -0.15) is 0 Å². The van der Waals surface area contributed by atoms with Crippen molar-refractivity contribution in [2.24, 2.45) is 17.8 Å². The van der Waals surface area contributed by atoms with Gasteiger partial charge in [-0.15, -0.1) is 0 Å². The molecule has 0 radical (unpaired) electrons. The minimum atomic E-state index is -0.694. The fourth-order valence-electron chi connectivity index (χ4n) is 2.17. The summed E-state index contributed by atoms with van der Waals surface area (Å²) in [5.41, 5.74) is 0. The van der Waals surface area contributed by atoms with Gasteiger partial charge in [-0.05, 0) is 31.7 Å². The molecular weight excluding hydrogens is 218 g/mol. The third-order valence-corrected chi connectivity index (χ3v) is 4.39. The molecule has 0 aliphatic rings. The van der Waals surface area contributed by atoms with Crippen LogP contribution in [-0.2, 0) is 10.8 Å². The Morgan fingerprint density at radius 3 is 1.81 bits per heavy atom. The van der Waals surface area contributed by atoms with E-state index in [9.17, 15) is 4.21 Å². The van der Waals surface area contributed by atoms with Gasteiger partial charge in [0.25, 0.3) is 0 Å². The van der Waals surface area contributed by atoms with Crippen LogP contribution in [-0.4, -0.2) is 40.8 Å². The molecule has 2 nitrogen and oxygen atoms in total. The molecule has 0 aromatic carbocycles. The van der Waals surface area contributed by atoms with Crippen molar-refractivity contribution in [3.63, 3.8) is 0 Å². The predicted molar refractivity (Wildman–Crippen MR) is 74.2 cm³/mol. The number of rotatable bonds is 7. The van der Waals surface area contributed by atoms with Crippen molar-refractivity contribution in [3.05, 3.63) is 0 Å². The summed E-state index contributed by atoms with van der Waals surface area (Å²) in [6.07, 6.45) is 1.78. The molecule has 0 rings (SSSR count). The van der Waals surface area contributed by atoms with Crippen LogP contribution in [0.25, 0.3) is 0 Å². The van der Waals surface area contributed by atoms with Crippen LogP contribution >= 0.6 is 0 Å². The van der Waals surface area contributed by atoms with Crippen LogP contribution in [0, 0.1) is 17.8 Å². The molecule has 0 aromatic heterocycles. The largest absolute Gasteiger partial charge is 0.302 e. The smallest absolute Gasteiger partial charge is 0.0385 e. The van der Waals surface area contributed by atoms with Crippen LogP contribution in [0.2, 0.25) is 0 Å². The van der Waals surface area contributed by atoms with Crippen LogP contribution in [0.15, 0.2) is 0 Å². The normalized spacial score (nSPS) is 16.4. The Bertz CT molecular complexity index is 208. The Morgan fingerprint density at radius 2 is 1.50 bits per heavy atom. The molecule has 16 heavy (non-hydrogen) atoms. The maximum atomic E-state index is 11.2. The molecule has 3 heteroatoms. The number of nitrogens with zero attached hydrogens (tertiary/aromatic N) is 1. The highest BCUT2D eigenvalue weighted by Crippen LogP contribution is 2.22. The molecule has 0 amide bonds. The standard InChI is InChI=1S/C13H29NOS/c1-10(2)13(11(3)4)8-14(6)12(5)9-16(7)15/h10-13H,8-9H2,1-7H3/t12-,16+/m1/s1. The van der Waals surface area contributed by atoms with E-state index in [1.54, 1.807) is 6.26 Å². The van der Waals surface area contributed by atoms with Gasteiger partial charge < -0.3 is 4.90 Å². The average Bonchev–Trinajstić information content (AvgIpc) is 2.11. The van der Waals surface area contributed by atoms with Gasteiger partial charge in [-0.25, -0.2) is 0 Å². The van der Waals surface area contributed by atoms with Gasteiger partial charge >= 0.3 is 0 Å². The molecule has 98 valence electrons. The third-order valence-electron chi connectivity index (χ3n) is 3.44. The minimum absolute atomic E-state index is 0.408. The van der Waals surface area contributed by atoms with Crippen LogP contribution < -0.4 is 0 Å². The van der Waals surface area contributed by atoms with Crippen molar-refractivity contribution < 1.29 is 4.21 Å². The quantitative estimate of drug-likeness (QED) is 0.689. The Morgan fingerprint density at radius 1 is 1.06 bits per heavy atom. The first kappa shape index (κ1) is 16.1. The van der Waals surface area contributed by atoms with E-state index in [0.717, 1.165) is 18.2 Å². The summed E-state index contributed by atoms with van der Waals surface area (Å²) in [6.45, 7) is 12.4. The highest BCUT2D eigenvalue weighted by molar-refractivity contribution is 7.84. The molecule has 0 aliphatic heterocycles. The van der Waals surface area contributed by atoms with E-state index in [-0.39, 0.29) is 0 Å². The molecule has 0 N–H and O–H groups in total. The monoisotopic (exact) mass is 247 g/mol. The predicted octanol–water partition coefficient (Wildman–Crippen LogP) is 2.61. The highest BCUT2D eigenvalue weighted by Gasteiger charge is 2.21. The molecule has 2 atom stereocenters. The average molecular weight is 247 g/mol. The summed E-state index contributed by atoms with van der Waals surface area (Å²) in [7, 11) is 1.45. The molecule has 0 saturated heterocycles. The maximum Gasteiger partial charge on any atom is 0.0385 e. The van der Waals surface area contributed by atoms with Crippen LogP contribution in [0.5, 0.6) is 0 Å². The van der Waals surface area contributed by atoms with Gasteiger partial charge in [-0.1, -0.05) is 27.7 Å². The summed E-state index contributed by atoms with van der Waals surface area (Å²) in [4.78, 5) is 2.35. The Balaban J connectivity index is 4.28. The molecule has 0 aromatic rings. The first-order valence-electron chi connectivity index (χ1n) is 6.26. The highest BCUT2D eigenvalue weighted by atomic mass is 32.2. The first-order chi connectivity index (χ1) is 7.25.